The van der Waals surface area contributed by atoms with Gasteiger partial charge in [-0.25, -0.2) is 0 Å². The number of Topliss-reactive ketones (excluding diaryl/α,β-unsaturated/α-hetero) is 1. The van der Waals surface area contributed by atoms with E-state index in [0.717, 1.165) is 37.1 Å². The minimum atomic E-state index is -1.35. The van der Waals surface area contributed by atoms with Crippen molar-refractivity contribution in [3.8, 4) is 0 Å². The minimum Gasteiger partial charge on any atom is -0.458 e. The van der Waals surface area contributed by atoms with Crippen molar-refractivity contribution < 1.29 is 29.1 Å². The van der Waals surface area contributed by atoms with Gasteiger partial charge in [-0.15, -0.1) is 0 Å². The fourth-order valence-electron chi connectivity index (χ4n) is 8.25. The molecule has 1 unspecified atom stereocenters. The maximum absolute atomic E-state index is 13.9. The maximum Gasteiger partial charge on any atom is 0.303 e. The first-order valence-electron chi connectivity index (χ1n) is 14.3. The average molecular weight is 549 g/mol. The number of esters is 2. The van der Waals surface area contributed by atoms with Crippen molar-refractivity contribution in [1.29, 1.82) is 0 Å². The lowest BCUT2D eigenvalue weighted by molar-refractivity contribution is -0.186. The lowest BCUT2D eigenvalue weighted by Crippen LogP contribution is -2.58. The third-order valence-electron chi connectivity index (χ3n) is 9.99. The molecule has 4 aliphatic carbocycles. The van der Waals surface area contributed by atoms with Gasteiger partial charge in [0.2, 0.25) is 5.78 Å². The molecule has 0 aliphatic heterocycles. The highest BCUT2D eigenvalue weighted by atomic mass is 16.6. The zero-order valence-electron chi connectivity index (χ0n) is 24.2. The van der Waals surface area contributed by atoms with Gasteiger partial charge < -0.3 is 19.6 Å². The van der Waals surface area contributed by atoms with E-state index in [0.29, 0.717) is 19.3 Å². The maximum atomic E-state index is 13.9. The quantitative estimate of drug-likeness (QED) is 0.290. The number of nitrogens with zero attached hydrogens (tertiary/aromatic N) is 2. The number of ether oxygens (including phenoxy) is 2. The van der Waals surface area contributed by atoms with E-state index in [4.69, 9.17) is 9.47 Å². The van der Waals surface area contributed by atoms with Gasteiger partial charge in [0.1, 0.15) is 0 Å². The molecule has 40 heavy (non-hydrogen) atoms. The summed E-state index contributed by atoms with van der Waals surface area (Å²) in [5.74, 6) is -0.957. The van der Waals surface area contributed by atoms with E-state index < -0.39 is 29.6 Å². The highest BCUT2D eigenvalue weighted by molar-refractivity contribution is 5.97. The number of oxime groups is 1. The van der Waals surface area contributed by atoms with Crippen LogP contribution in [0.25, 0.3) is 0 Å². The second-order valence-electron chi connectivity index (χ2n) is 12.3. The van der Waals surface area contributed by atoms with Crippen LogP contribution in [0, 0.1) is 17.3 Å². The fraction of sp³-hybridized carbons (Fsp3) is 0.562. The van der Waals surface area contributed by atoms with Crippen molar-refractivity contribution in [2.24, 2.45) is 22.4 Å². The second kappa shape index (κ2) is 10.5. The van der Waals surface area contributed by atoms with Crippen LogP contribution in [0.4, 0.5) is 5.69 Å². The SMILES string of the molecule is CC(=O)OCC(=O)[C@@]1(OC(C)=O)CC[C@H]2[C@@H]3CCC4=CC(=NO)CCC4=C3C(c3ccc(N(C)C)cc3)C[C@@]21C. The van der Waals surface area contributed by atoms with Crippen LogP contribution in [0.1, 0.15) is 77.2 Å². The first kappa shape index (κ1) is 28.1. The number of hydrogen-bond acceptors (Lipinski definition) is 8. The van der Waals surface area contributed by atoms with Crippen molar-refractivity contribution in [2.45, 2.75) is 77.2 Å². The largest absolute Gasteiger partial charge is 0.458 e. The van der Waals surface area contributed by atoms with Crippen LogP contribution in [0.2, 0.25) is 0 Å². The summed E-state index contributed by atoms with van der Waals surface area (Å²) in [6.45, 7) is 4.35. The second-order valence-corrected chi connectivity index (χ2v) is 12.3. The standard InChI is InChI=1S/C32H40N2O6/c1-19(35)39-18-29(37)32(40-20(2)36)15-14-28-26-12-8-22-16-23(33-38)9-13-25(22)30(26)27(17-31(28,32)3)21-6-10-24(11-7-21)34(4)5/h6-7,10-11,16,26-28,38H,8-9,12-15,17-18H2,1-5H3/t26-,27?,28-,31-,32-/m0/s1. The molecule has 0 radical (unpaired) electrons. The molecule has 1 N–H and O–H groups in total. The van der Waals surface area contributed by atoms with E-state index in [-0.39, 0.29) is 23.5 Å². The van der Waals surface area contributed by atoms with Crippen molar-refractivity contribution in [3.05, 3.63) is 52.6 Å². The predicted octanol–water partition coefficient (Wildman–Crippen LogP) is 5.35. The molecular weight excluding hydrogens is 508 g/mol. The van der Waals surface area contributed by atoms with Gasteiger partial charge in [0.05, 0.1) is 5.71 Å². The van der Waals surface area contributed by atoms with Gasteiger partial charge in [0.15, 0.2) is 12.2 Å². The summed E-state index contributed by atoms with van der Waals surface area (Å²) in [6, 6.07) is 8.61. The minimum absolute atomic E-state index is 0.0309. The summed E-state index contributed by atoms with van der Waals surface area (Å²) in [5, 5.41) is 12.9. The first-order valence-corrected chi connectivity index (χ1v) is 14.3. The normalized spacial score (nSPS) is 32.0. The molecule has 0 amide bonds. The Hall–Kier alpha value is -3.42. The van der Waals surface area contributed by atoms with Gasteiger partial charge in [0.25, 0.3) is 0 Å². The van der Waals surface area contributed by atoms with E-state index in [9.17, 15) is 19.6 Å². The van der Waals surface area contributed by atoms with E-state index >= 15 is 0 Å². The fourth-order valence-corrected chi connectivity index (χ4v) is 8.25. The van der Waals surface area contributed by atoms with Gasteiger partial charge >= 0.3 is 11.9 Å². The summed E-state index contributed by atoms with van der Waals surface area (Å²) in [7, 11) is 4.03. The summed E-state index contributed by atoms with van der Waals surface area (Å²) in [4.78, 5) is 40.1. The molecule has 0 heterocycles. The Morgan fingerprint density at radius 3 is 2.40 bits per heavy atom. The van der Waals surface area contributed by atoms with Gasteiger partial charge in [-0.05, 0) is 91.7 Å². The summed E-state index contributed by atoms with van der Waals surface area (Å²) in [6.07, 6.45) is 7.18. The Labute approximate surface area is 236 Å². The molecule has 1 aromatic carbocycles. The van der Waals surface area contributed by atoms with Crippen LogP contribution in [-0.2, 0) is 23.9 Å². The van der Waals surface area contributed by atoms with Crippen molar-refractivity contribution in [2.75, 3.05) is 25.6 Å². The molecule has 8 heteroatoms. The van der Waals surface area contributed by atoms with E-state index in [1.807, 2.05) is 20.2 Å². The lowest BCUT2D eigenvalue weighted by Gasteiger charge is -2.55. The molecule has 4 aliphatic rings. The van der Waals surface area contributed by atoms with Crippen LogP contribution in [0.5, 0.6) is 0 Å². The molecule has 5 rings (SSSR count). The molecular formula is C32H40N2O6. The molecule has 5 atom stereocenters. The Balaban J connectivity index is 1.66. The highest BCUT2D eigenvalue weighted by Gasteiger charge is 2.68. The topological polar surface area (TPSA) is 106 Å². The predicted molar refractivity (Wildman–Crippen MR) is 151 cm³/mol. The number of rotatable bonds is 6. The molecule has 0 spiro atoms. The van der Waals surface area contributed by atoms with Gasteiger partial charge in [-0.1, -0.05) is 29.8 Å². The number of fused-ring (bicyclic) bond motifs is 4. The van der Waals surface area contributed by atoms with Crippen LogP contribution in [-0.4, -0.2) is 54.9 Å². The molecule has 2 fully saturated rings. The Morgan fingerprint density at radius 2 is 1.77 bits per heavy atom. The van der Waals surface area contributed by atoms with Gasteiger partial charge in [-0.2, -0.15) is 0 Å². The number of allylic oxidation sites excluding steroid dienone is 4. The van der Waals surface area contributed by atoms with Crippen LogP contribution in [0.15, 0.2) is 52.2 Å². The molecule has 1 aromatic rings. The van der Waals surface area contributed by atoms with E-state index in [1.165, 1.54) is 36.1 Å². The first-order chi connectivity index (χ1) is 19.0. The zero-order valence-corrected chi connectivity index (χ0v) is 24.2. The lowest BCUT2D eigenvalue weighted by atomic mass is 9.50. The van der Waals surface area contributed by atoms with Gasteiger partial charge in [0, 0.05) is 45.0 Å². The summed E-state index contributed by atoms with van der Waals surface area (Å²) < 4.78 is 11.2. The molecule has 8 nitrogen and oxygen atoms in total. The molecule has 2 saturated carbocycles. The number of carbonyl (C=O) groups is 3. The molecule has 0 saturated heterocycles. The zero-order chi connectivity index (χ0) is 28.8. The number of anilines is 1. The summed E-state index contributed by atoms with van der Waals surface area (Å²) >= 11 is 0. The van der Waals surface area contributed by atoms with Crippen LogP contribution >= 0.6 is 0 Å². The monoisotopic (exact) mass is 548 g/mol. The number of benzene rings is 1. The Bertz CT molecular complexity index is 1310. The van der Waals surface area contributed by atoms with E-state index in [1.54, 1.807) is 0 Å². The van der Waals surface area contributed by atoms with Gasteiger partial charge in [-0.3, -0.25) is 14.4 Å². The third kappa shape index (κ3) is 4.55. The Kier molecular flexibility index (Phi) is 7.40. The highest BCUT2D eigenvalue weighted by Crippen LogP contribution is 2.67. The molecule has 214 valence electrons. The smallest absolute Gasteiger partial charge is 0.303 e. The summed E-state index contributed by atoms with van der Waals surface area (Å²) in [5.41, 5.74) is 5.06. The van der Waals surface area contributed by atoms with E-state index in [2.05, 4.69) is 41.2 Å². The third-order valence-corrected chi connectivity index (χ3v) is 9.99. The average Bonchev–Trinajstić information content (AvgIpc) is 3.22. The Morgan fingerprint density at radius 1 is 1.05 bits per heavy atom. The number of ketones is 1. The van der Waals surface area contributed by atoms with Crippen molar-refractivity contribution in [3.63, 3.8) is 0 Å². The number of hydrogen-bond donors (Lipinski definition) is 1. The number of carbonyl (C=O) groups excluding carboxylic acids is 3. The van der Waals surface area contributed by atoms with Crippen LogP contribution < -0.4 is 4.90 Å². The van der Waals surface area contributed by atoms with Crippen molar-refractivity contribution >= 4 is 29.1 Å². The molecule has 0 bridgehead atoms. The van der Waals surface area contributed by atoms with Crippen LogP contribution in [0.3, 0.4) is 0 Å². The van der Waals surface area contributed by atoms with Crippen molar-refractivity contribution in [1.82, 2.24) is 0 Å². The molecule has 0 aromatic heterocycles.